The van der Waals surface area contributed by atoms with Crippen LogP contribution in [0.4, 0.5) is 30.7 Å². The molecule has 0 saturated carbocycles. The number of carboxylic acids is 1. The maximum Gasteiger partial charge on any atom is 0.434 e. The lowest BCUT2D eigenvalue weighted by atomic mass is 9.90. The van der Waals surface area contributed by atoms with Crippen LogP contribution in [0.15, 0.2) is 72.5 Å². The van der Waals surface area contributed by atoms with Gasteiger partial charge in [-0.05, 0) is 66.8 Å². The number of alkyl halides is 6. The lowest BCUT2D eigenvalue weighted by molar-refractivity contribution is -0.143. The van der Waals surface area contributed by atoms with E-state index in [1.807, 2.05) is 0 Å². The first kappa shape index (κ1) is 28.6. The minimum Gasteiger partial charge on any atom is -0.480 e. The van der Waals surface area contributed by atoms with Crippen LogP contribution in [0.3, 0.4) is 0 Å². The molecule has 210 valence electrons. The zero-order valence-electron chi connectivity index (χ0n) is 20.4. The van der Waals surface area contributed by atoms with Gasteiger partial charge in [0.1, 0.15) is 11.9 Å². The predicted octanol–water partition coefficient (Wildman–Crippen LogP) is 6.43. The number of rotatable bonds is 7. The van der Waals surface area contributed by atoms with Crippen molar-refractivity contribution in [2.75, 3.05) is 0 Å². The third kappa shape index (κ3) is 6.41. The van der Waals surface area contributed by atoms with Crippen molar-refractivity contribution in [2.45, 2.75) is 37.7 Å². The van der Waals surface area contributed by atoms with Gasteiger partial charge in [-0.25, -0.2) is 13.9 Å². The molecule has 6 nitrogen and oxygen atoms in total. The van der Waals surface area contributed by atoms with E-state index in [1.165, 1.54) is 12.1 Å². The highest BCUT2D eigenvalue weighted by molar-refractivity contribution is 5.97. The monoisotopic (exact) mass is 567 g/mol. The Morgan fingerprint density at radius 2 is 1.57 bits per heavy atom. The van der Waals surface area contributed by atoms with Crippen LogP contribution < -0.4 is 5.32 Å². The van der Waals surface area contributed by atoms with Gasteiger partial charge in [-0.2, -0.15) is 31.4 Å². The molecule has 2 N–H and O–H groups in total. The van der Waals surface area contributed by atoms with Gasteiger partial charge < -0.3 is 10.4 Å². The molecule has 0 radical (unpaired) electrons. The SMILES string of the molecule is O=C(NC(CC1=CC=C(c2ccc(C(F)(F)F)cc2)CC1)C(=O)O)c1cnn(-c2ccc(F)cc2)c1C(F)(F)F. The zero-order valence-corrected chi connectivity index (χ0v) is 20.4. The fourth-order valence-electron chi connectivity index (χ4n) is 4.23. The molecular formula is C27H20F7N3O3. The Morgan fingerprint density at radius 3 is 2.10 bits per heavy atom. The van der Waals surface area contributed by atoms with Gasteiger partial charge >= 0.3 is 18.3 Å². The molecule has 0 bridgehead atoms. The summed E-state index contributed by atoms with van der Waals surface area (Å²) in [6, 6.07) is 6.94. The normalized spacial score (nSPS) is 14.8. The maximum atomic E-state index is 13.9. The van der Waals surface area contributed by atoms with Gasteiger partial charge in [-0.3, -0.25) is 4.79 Å². The van der Waals surface area contributed by atoms with Gasteiger partial charge in [0, 0.05) is 0 Å². The molecule has 0 fully saturated rings. The Hall–Kier alpha value is -4.42. The number of aliphatic carboxylic acids is 1. The third-order valence-corrected chi connectivity index (χ3v) is 6.24. The van der Waals surface area contributed by atoms with E-state index in [0.29, 0.717) is 34.9 Å². The Bertz CT molecular complexity index is 1470. The van der Waals surface area contributed by atoms with Crippen LogP contribution in [-0.2, 0) is 17.1 Å². The molecule has 40 heavy (non-hydrogen) atoms. The molecule has 4 rings (SSSR count). The van der Waals surface area contributed by atoms with E-state index in [0.717, 1.165) is 42.0 Å². The van der Waals surface area contributed by atoms with Crippen molar-refractivity contribution in [3.63, 3.8) is 0 Å². The first-order valence-corrected chi connectivity index (χ1v) is 11.7. The van der Waals surface area contributed by atoms with Crippen LogP contribution in [-0.4, -0.2) is 32.8 Å². The van der Waals surface area contributed by atoms with Gasteiger partial charge in [0.15, 0.2) is 5.69 Å². The molecule has 0 spiro atoms. The Balaban J connectivity index is 1.52. The van der Waals surface area contributed by atoms with Crippen LogP contribution in [0.2, 0.25) is 0 Å². The first-order chi connectivity index (χ1) is 18.7. The van der Waals surface area contributed by atoms with Crippen molar-refractivity contribution in [1.29, 1.82) is 0 Å². The van der Waals surface area contributed by atoms with Crippen LogP contribution in [0, 0.1) is 5.82 Å². The number of hydrogen-bond donors (Lipinski definition) is 2. The summed E-state index contributed by atoms with van der Waals surface area (Å²) in [6.07, 6.45) is -5.19. The molecule has 3 aromatic rings. The average Bonchev–Trinajstić information content (AvgIpc) is 3.35. The summed E-state index contributed by atoms with van der Waals surface area (Å²) in [4.78, 5) is 24.7. The molecule has 0 aliphatic heterocycles. The number of carbonyl (C=O) groups is 2. The van der Waals surface area contributed by atoms with Crippen molar-refractivity contribution in [2.24, 2.45) is 0 Å². The van der Waals surface area contributed by atoms with Crippen molar-refractivity contribution in [3.8, 4) is 5.69 Å². The first-order valence-electron chi connectivity index (χ1n) is 11.7. The molecule has 1 atom stereocenters. The Kier molecular flexibility index (Phi) is 7.85. The summed E-state index contributed by atoms with van der Waals surface area (Å²) in [7, 11) is 0. The second-order valence-electron chi connectivity index (χ2n) is 8.95. The maximum absolute atomic E-state index is 13.9. The highest BCUT2D eigenvalue weighted by Gasteiger charge is 2.41. The van der Waals surface area contributed by atoms with Crippen molar-refractivity contribution in [1.82, 2.24) is 15.1 Å². The van der Waals surface area contributed by atoms with E-state index in [-0.39, 0.29) is 12.1 Å². The van der Waals surface area contributed by atoms with Gasteiger partial charge in [-0.15, -0.1) is 0 Å². The fourth-order valence-corrected chi connectivity index (χ4v) is 4.23. The van der Waals surface area contributed by atoms with Crippen molar-refractivity contribution in [3.05, 3.63) is 101 Å². The van der Waals surface area contributed by atoms with E-state index >= 15 is 0 Å². The second-order valence-corrected chi connectivity index (χ2v) is 8.95. The minimum atomic E-state index is -5.05. The summed E-state index contributed by atoms with van der Waals surface area (Å²) in [6.45, 7) is 0. The van der Waals surface area contributed by atoms with E-state index in [4.69, 9.17) is 0 Å². The number of benzene rings is 2. The number of aromatic nitrogens is 2. The Morgan fingerprint density at radius 1 is 0.925 bits per heavy atom. The van der Waals surface area contributed by atoms with E-state index in [9.17, 15) is 45.4 Å². The number of nitrogens with one attached hydrogen (secondary N) is 1. The highest BCUT2D eigenvalue weighted by atomic mass is 19.4. The lowest BCUT2D eigenvalue weighted by Crippen LogP contribution is -2.41. The summed E-state index contributed by atoms with van der Waals surface area (Å²) in [5, 5.41) is 15.4. The number of nitrogens with zero attached hydrogens (tertiary/aromatic N) is 2. The number of carboxylic acid groups (broad SMARTS) is 1. The summed E-state index contributed by atoms with van der Waals surface area (Å²) >= 11 is 0. The molecule has 1 unspecified atom stereocenters. The van der Waals surface area contributed by atoms with Gasteiger partial charge in [0.05, 0.1) is 23.0 Å². The molecule has 1 heterocycles. The smallest absolute Gasteiger partial charge is 0.434 e. The van der Waals surface area contributed by atoms with Crippen molar-refractivity contribution >= 4 is 17.4 Å². The van der Waals surface area contributed by atoms with Crippen LogP contribution >= 0.6 is 0 Å². The number of allylic oxidation sites excluding steroid dienone is 3. The number of carbonyl (C=O) groups excluding carboxylic acids is 1. The zero-order chi connectivity index (χ0) is 29.2. The number of amides is 1. The molecule has 1 aliphatic rings. The quantitative estimate of drug-likeness (QED) is 0.323. The second kappa shape index (κ2) is 11.0. The van der Waals surface area contributed by atoms with Gasteiger partial charge in [0.2, 0.25) is 0 Å². The van der Waals surface area contributed by atoms with Gasteiger partial charge in [0.25, 0.3) is 5.91 Å². The lowest BCUT2D eigenvalue weighted by Gasteiger charge is -2.20. The molecule has 1 amide bonds. The van der Waals surface area contributed by atoms with E-state index < -0.39 is 52.9 Å². The van der Waals surface area contributed by atoms with E-state index in [2.05, 4.69) is 10.4 Å². The summed E-state index contributed by atoms with van der Waals surface area (Å²) < 4.78 is 93.7. The van der Waals surface area contributed by atoms with Crippen LogP contribution in [0.25, 0.3) is 11.3 Å². The molecule has 1 aliphatic carbocycles. The average molecular weight is 567 g/mol. The molecule has 1 aromatic heterocycles. The molecule has 13 heteroatoms. The third-order valence-electron chi connectivity index (χ3n) is 6.24. The fraction of sp³-hybridized carbons (Fsp3) is 0.222. The molecule has 0 saturated heterocycles. The van der Waals surface area contributed by atoms with Crippen LogP contribution in [0.5, 0.6) is 0 Å². The number of halogens is 7. The summed E-state index contributed by atoms with van der Waals surface area (Å²) in [5.74, 6) is -3.48. The van der Waals surface area contributed by atoms with Crippen LogP contribution in [0.1, 0.15) is 46.4 Å². The van der Waals surface area contributed by atoms with E-state index in [1.54, 1.807) is 12.2 Å². The standard InChI is InChI=1S/C27H20F7N3O3/c28-19-9-11-20(12-10-19)37-23(27(32,33)34)21(14-35-37)24(38)36-22(25(39)40)13-15-1-3-16(4-2-15)17-5-7-18(8-6-17)26(29,30)31/h1,3,5-12,14,22H,2,4,13H2,(H,36,38)(H,39,40). The van der Waals surface area contributed by atoms with Gasteiger partial charge in [-0.1, -0.05) is 29.9 Å². The topological polar surface area (TPSA) is 84.2 Å². The molecular weight excluding hydrogens is 547 g/mol. The predicted molar refractivity (Wildman–Crippen MR) is 129 cm³/mol. The number of hydrogen-bond acceptors (Lipinski definition) is 3. The highest BCUT2D eigenvalue weighted by Crippen LogP contribution is 2.35. The largest absolute Gasteiger partial charge is 0.480 e. The van der Waals surface area contributed by atoms with Crippen molar-refractivity contribution < 1.29 is 45.4 Å². The Labute approximate surface area is 222 Å². The summed E-state index contributed by atoms with van der Waals surface area (Å²) in [5.41, 5.74) is -1.47. The minimum absolute atomic E-state index is 0.162. The molecule has 2 aromatic carbocycles.